The number of nitriles is 1. The first-order valence-electron chi connectivity index (χ1n) is 10.7. The quantitative estimate of drug-likeness (QED) is 0.803. The first-order chi connectivity index (χ1) is 14.0. The van der Waals surface area contributed by atoms with Crippen molar-refractivity contribution < 1.29 is 4.79 Å². The van der Waals surface area contributed by atoms with Crippen molar-refractivity contribution in [3.63, 3.8) is 0 Å². The van der Waals surface area contributed by atoms with Crippen LogP contribution in [0.25, 0.3) is 10.9 Å². The van der Waals surface area contributed by atoms with Crippen molar-refractivity contribution in [1.29, 1.82) is 5.26 Å². The molecule has 4 rings (SSSR count). The Bertz CT molecular complexity index is 950. The van der Waals surface area contributed by atoms with Gasteiger partial charge in [0.05, 0.1) is 11.1 Å². The molecule has 2 aromatic rings. The summed E-state index contributed by atoms with van der Waals surface area (Å²) in [5.41, 5.74) is 2.59. The molecule has 4 unspecified atom stereocenters. The number of carbonyl (C=O) groups is 1. The van der Waals surface area contributed by atoms with Crippen LogP contribution in [0.5, 0.6) is 0 Å². The van der Waals surface area contributed by atoms with Gasteiger partial charge in [-0.15, -0.1) is 0 Å². The van der Waals surface area contributed by atoms with Crippen molar-refractivity contribution in [3.05, 3.63) is 41.6 Å². The number of hydrogen-bond donors (Lipinski definition) is 0. The van der Waals surface area contributed by atoms with E-state index in [9.17, 15) is 10.1 Å². The average molecular weight is 391 g/mol. The molecule has 1 aromatic carbocycles. The molecule has 5 nitrogen and oxygen atoms in total. The fourth-order valence-corrected chi connectivity index (χ4v) is 5.34. The molecule has 5 heteroatoms. The van der Waals surface area contributed by atoms with E-state index in [0.717, 1.165) is 43.5 Å². The van der Waals surface area contributed by atoms with E-state index in [1.165, 1.54) is 5.56 Å². The predicted octanol–water partition coefficient (Wildman–Crippen LogP) is 3.65. The maximum absolute atomic E-state index is 13.1. The predicted molar refractivity (Wildman–Crippen MR) is 114 cm³/mol. The van der Waals surface area contributed by atoms with Gasteiger partial charge in [-0.3, -0.25) is 9.78 Å². The minimum atomic E-state index is 0.283. The molecular formula is C24H30N4O. The third-order valence-electron chi connectivity index (χ3n) is 6.76. The van der Waals surface area contributed by atoms with Gasteiger partial charge in [0.15, 0.2) is 0 Å². The fraction of sp³-hybridized carbons (Fsp3) is 0.542. The topological polar surface area (TPSA) is 60.2 Å². The van der Waals surface area contributed by atoms with E-state index < -0.39 is 0 Å². The number of nitrogens with zero attached hydrogens (tertiary/aromatic N) is 4. The summed E-state index contributed by atoms with van der Waals surface area (Å²) in [5, 5.41) is 10.5. The average Bonchev–Trinajstić information content (AvgIpc) is 3.03. The van der Waals surface area contributed by atoms with Crippen molar-refractivity contribution in [2.75, 3.05) is 33.2 Å². The zero-order valence-corrected chi connectivity index (χ0v) is 17.6. The van der Waals surface area contributed by atoms with E-state index in [-0.39, 0.29) is 5.92 Å². The lowest BCUT2D eigenvalue weighted by Gasteiger charge is -2.38. The number of rotatable bonds is 3. The van der Waals surface area contributed by atoms with Gasteiger partial charge in [0, 0.05) is 50.1 Å². The van der Waals surface area contributed by atoms with Crippen LogP contribution < -0.4 is 0 Å². The van der Waals surface area contributed by atoms with Crippen LogP contribution in [0.15, 0.2) is 30.5 Å². The number of pyridine rings is 1. The highest BCUT2D eigenvalue weighted by Gasteiger charge is 2.34. The lowest BCUT2D eigenvalue weighted by molar-refractivity contribution is -0.134. The summed E-state index contributed by atoms with van der Waals surface area (Å²) in [7, 11) is 2.14. The van der Waals surface area contributed by atoms with E-state index in [2.05, 4.69) is 53.9 Å². The molecule has 0 saturated carbocycles. The Hall–Kier alpha value is -2.45. The molecule has 2 aliphatic heterocycles. The van der Waals surface area contributed by atoms with Crippen LogP contribution in [-0.2, 0) is 4.79 Å². The number of fused-ring (bicyclic) bond motifs is 1. The fourth-order valence-electron chi connectivity index (χ4n) is 5.34. The van der Waals surface area contributed by atoms with Gasteiger partial charge in [0.2, 0.25) is 5.91 Å². The summed E-state index contributed by atoms with van der Waals surface area (Å²) in [6.45, 7) is 8.21. The summed E-state index contributed by atoms with van der Waals surface area (Å²) in [4.78, 5) is 22.0. The third-order valence-corrected chi connectivity index (χ3v) is 6.76. The lowest BCUT2D eigenvalue weighted by Crippen LogP contribution is -2.43. The number of piperidine rings is 1. The van der Waals surface area contributed by atoms with Gasteiger partial charge in [-0.25, -0.2) is 0 Å². The van der Waals surface area contributed by atoms with E-state index in [0.29, 0.717) is 35.6 Å². The maximum Gasteiger partial charge on any atom is 0.222 e. The Kier molecular flexibility index (Phi) is 5.56. The maximum atomic E-state index is 13.1. The van der Waals surface area contributed by atoms with Crippen molar-refractivity contribution in [2.45, 2.75) is 32.6 Å². The van der Waals surface area contributed by atoms with Gasteiger partial charge in [0.1, 0.15) is 6.07 Å². The smallest absolute Gasteiger partial charge is 0.222 e. The number of aromatic nitrogens is 1. The molecule has 1 aromatic heterocycles. The van der Waals surface area contributed by atoms with Crippen molar-refractivity contribution in [2.24, 2.45) is 17.8 Å². The number of carbonyl (C=O) groups excluding carboxylic acids is 1. The summed E-state index contributed by atoms with van der Waals surface area (Å²) >= 11 is 0. The first-order valence-corrected chi connectivity index (χ1v) is 10.7. The molecule has 152 valence electrons. The molecule has 0 bridgehead atoms. The molecule has 2 fully saturated rings. The van der Waals surface area contributed by atoms with Gasteiger partial charge < -0.3 is 9.80 Å². The SMILES string of the molecule is CC1CC(c2ccc(C#N)c3ncccc23)CN(C(=O)CC2CN(C)CC2C)C1. The Balaban J connectivity index is 1.56. The minimum Gasteiger partial charge on any atom is -0.342 e. The van der Waals surface area contributed by atoms with Gasteiger partial charge in [-0.05, 0) is 48.9 Å². The summed E-state index contributed by atoms with van der Waals surface area (Å²) < 4.78 is 0. The molecule has 3 heterocycles. The summed E-state index contributed by atoms with van der Waals surface area (Å²) in [5.74, 6) is 2.08. The molecule has 2 aliphatic rings. The summed E-state index contributed by atoms with van der Waals surface area (Å²) in [6, 6.07) is 10.2. The minimum absolute atomic E-state index is 0.283. The zero-order valence-electron chi connectivity index (χ0n) is 17.6. The monoisotopic (exact) mass is 390 g/mol. The lowest BCUT2D eigenvalue weighted by atomic mass is 9.83. The molecular weight excluding hydrogens is 360 g/mol. The third kappa shape index (κ3) is 4.00. The molecule has 0 radical (unpaired) electrons. The van der Waals surface area contributed by atoms with Crippen LogP contribution in [0.1, 0.15) is 43.7 Å². The molecule has 0 aliphatic carbocycles. The Morgan fingerprint density at radius 1 is 1.21 bits per heavy atom. The van der Waals surface area contributed by atoms with Crippen LogP contribution in [0.3, 0.4) is 0 Å². The Labute approximate surface area is 173 Å². The van der Waals surface area contributed by atoms with E-state index in [1.54, 1.807) is 6.20 Å². The zero-order chi connectivity index (χ0) is 20.5. The van der Waals surface area contributed by atoms with Gasteiger partial charge in [-0.2, -0.15) is 5.26 Å². The van der Waals surface area contributed by atoms with Gasteiger partial charge in [0.25, 0.3) is 0 Å². The highest BCUT2D eigenvalue weighted by Crippen LogP contribution is 2.35. The second kappa shape index (κ2) is 8.12. The highest BCUT2D eigenvalue weighted by molar-refractivity contribution is 5.87. The van der Waals surface area contributed by atoms with Gasteiger partial charge >= 0.3 is 0 Å². The van der Waals surface area contributed by atoms with Crippen molar-refractivity contribution in [1.82, 2.24) is 14.8 Å². The molecule has 0 spiro atoms. The Morgan fingerprint density at radius 2 is 2.03 bits per heavy atom. The van der Waals surface area contributed by atoms with Crippen LogP contribution in [0, 0.1) is 29.1 Å². The second-order valence-electron chi connectivity index (χ2n) is 9.21. The van der Waals surface area contributed by atoms with Crippen LogP contribution in [0.4, 0.5) is 0 Å². The first kappa shape index (κ1) is 19.8. The molecule has 29 heavy (non-hydrogen) atoms. The van der Waals surface area contributed by atoms with Crippen molar-refractivity contribution in [3.8, 4) is 6.07 Å². The molecule has 1 amide bonds. The van der Waals surface area contributed by atoms with Crippen molar-refractivity contribution >= 4 is 16.8 Å². The standard InChI is InChI=1S/C24H30N4O/c1-16-9-20(21-7-6-18(11-25)24-22(21)5-4-8-26-24)15-28(12-16)23(29)10-19-14-27(3)13-17(19)2/h4-8,16-17,19-20H,9-10,12-15H2,1-3H3. The van der Waals surface area contributed by atoms with Crippen LogP contribution in [0.2, 0.25) is 0 Å². The highest BCUT2D eigenvalue weighted by atomic mass is 16.2. The van der Waals surface area contributed by atoms with E-state index in [4.69, 9.17) is 0 Å². The molecule has 0 N–H and O–H groups in total. The van der Waals surface area contributed by atoms with E-state index in [1.807, 2.05) is 12.1 Å². The number of likely N-dealkylation sites (tertiary alicyclic amines) is 2. The largest absolute Gasteiger partial charge is 0.342 e. The Morgan fingerprint density at radius 3 is 2.76 bits per heavy atom. The number of amides is 1. The normalized spacial score (nSPS) is 27.9. The van der Waals surface area contributed by atoms with Crippen LogP contribution in [-0.4, -0.2) is 53.9 Å². The molecule has 2 saturated heterocycles. The number of benzene rings is 1. The summed E-state index contributed by atoms with van der Waals surface area (Å²) in [6.07, 6.45) is 3.45. The second-order valence-corrected chi connectivity index (χ2v) is 9.21. The van der Waals surface area contributed by atoms with Gasteiger partial charge in [-0.1, -0.05) is 26.0 Å². The van der Waals surface area contributed by atoms with Crippen LogP contribution >= 0.6 is 0 Å². The number of hydrogen-bond acceptors (Lipinski definition) is 4. The molecule has 4 atom stereocenters. The van der Waals surface area contributed by atoms with E-state index >= 15 is 0 Å².